The first kappa shape index (κ1) is 35.3. The number of halogens is 5. The van der Waals surface area contributed by atoms with E-state index in [2.05, 4.69) is 22.1 Å². The van der Waals surface area contributed by atoms with Crippen molar-refractivity contribution >= 4 is 17.6 Å². The highest BCUT2D eigenvalue weighted by Crippen LogP contribution is 2.44. The van der Waals surface area contributed by atoms with Crippen LogP contribution in [0.1, 0.15) is 46.7 Å². The van der Waals surface area contributed by atoms with Gasteiger partial charge in [0, 0.05) is 35.5 Å². The predicted octanol–water partition coefficient (Wildman–Crippen LogP) is 8.80. The number of alkyl halides is 3. The zero-order chi connectivity index (χ0) is 36.2. The smallest absolute Gasteiger partial charge is 0.425 e. The maximum absolute atomic E-state index is 15.7. The maximum Gasteiger partial charge on any atom is 0.425 e. The number of aliphatic imine (C=N–C) groups is 1. The van der Waals surface area contributed by atoms with Gasteiger partial charge in [-0.15, -0.1) is 0 Å². The number of aromatic nitrogens is 1. The minimum Gasteiger partial charge on any atom is -0.497 e. The van der Waals surface area contributed by atoms with Crippen LogP contribution >= 0.6 is 11.6 Å². The van der Waals surface area contributed by atoms with Crippen LogP contribution in [0, 0.1) is 17.7 Å². The summed E-state index contributed by atoms with van der Waals surface area (Å²) in [6, 6.07) is 28.7. The molecule has 0 saturated carbocycles. The minimum absolute atomic E-state index is 0.0745. The molecule has 0 radical (unpaired) electrons. The highest BCUT2D eigenvalue weighted by atomic mass is 35.5. The summed E-state index contributed by atoms with van der Waals surface area (Å²) >= 11 is 6.03. The third-order valence-corrected chi connectivity index (χ3v) is 8.91. The number of ether oxygens (including phenoxy) is 3. The van der Waals surface area contributed by atoms with Gasteiger partial charge in [0.25, 0.3) is 6.02 Å². The zero-order valence-corrected chi connectivity index (χ0v) is 28.5. The molecule has 2 heterocycles. The molecule has 11 heteroatoms. The first-order valence-corrected chi connectivity index (χ1v) is 16.2. The number of hydrogen-bond acceptors (Lipinski definition) is 6. The normalized spacial score (nSPS) is 17.3. The van der Waals surface area contributed by atoms with Gasteiger partial charge in [-0.1, -0.05) is 78.0 Å². The van der Waals surface area contributed by atoms with Gasteiger partial charge in [0.1, 0.15) is 22.9 Å². The van der Waals surface area contributed by atoms with Gasteiger partial charge in [-0.25, -0.2) is 9.38 Å². The number of nitrogens with zero attached hydrogens (tertiary/aromatic N) is 2. The molecule has 1 aliphatic heterocycles. The second kappa shape index (κ2) is 14.4. The molecule has 51 heavy (non-hydrogen) atoms. The van der Waals surface area contributed by atoms with Crippen LogP contribution in [-0.4, -0.2) is 37.5 Å². The molecule has 1 aliphatic rings. The Morgan fingerprint density at radius 1 is 0.804 bits per heavy atom. The molecule has 6 nitrogen and oxygen atoms in total. The molecule has 5 aromatic rings. The molecule has 0 unspecified atom stereocenters. The van der Waals surface area contributed by atoms with E-state index in [9.17, 15) is 13.2 Å². The summed E-state index contributed by atoms with van der Waals surface area (Å²) in [6.07, 6.45) is -4.84. The first-order valence-electron chi connectivity index (χ1n) is 15.8. The van der Waals surface area contributed by atoms with Gasteiger partial charge in [0.05, 0.1) is 24.8 Å². The van der Waals surface area contributed by atoms with Gasteiger partial charge < -0.3 is 19.5 Å². The van der Waals surface area contributed by atoms with Crippen molar-refractivity contribution in [2.24, 2.45) is 4.99 Å². The number of hydrogen-bond donors (Lipinski definition) is 1. The van der Waals surface area contributed by atoms with Gasteiger partial charge in [-0.3, -0.25) is 4.98 Å². The second-order valence-electron chi connectivity index (χ2n) is 12.1. The second-order valence-corrected chi connectivity index (χ2v) is 12.5. The average molecular weight is 714 g/mol. The van der Waals surface area contributed by atoms with Gasteiger partial charge in [0.2, 0.25) is 0 Å². The molecule has 2 atom stereocenters. The molecule has 0 bridgehead atoms. The van der Waals surface area contributed by atoms with E-state index in [1.54, 1.807) is 30.3 Å². The van der Waals surface area contributed by atoms with Crippen molar-refractivity contribution in [3.63, 3.8) is 0 Å². The average Bonchev–Trinajstić information content (AvgIpc) is 3.13. The topological polar surface area (TPSA) is 65.0 Å². The van der Waals surface area contributed by atoms with Crippen LogP contribution in [-0.2, 0) is 15.8 Å². The lowest BCUT2D eigenvalue weighted by Gasteiger charge is -2.42. The molecule has 4 aromatic carbocycles. The third kappa shape index (κ3) is 7.49. The SMILES string of the molecule is COc1ccc(C(NC2=N[C@](C)(c3cc(C#Cc4cncc(Cl)c4)ccc3F)C[C@@H](C(F)(F)F)O2)(c2ccccc2)c2ccc(OC)cc2)cc1. The van der Waals surface area contributed by atoms with Gasteiger partial charge >= 0.3 is 6.18 Å². The quantitative estimate of drug-likeness (QED) is 0.104. The summed E-state index contributed by atoms with van der Waals surface area (Å²) in [5.41, 5.74) is -0.340. The van der Waals surface area contributed by atoms with E-state index in [1.165, 1.54) is 51.7 Å². The van der Waals surface area contributed by atoms with Crippen LogP contribution < -0.4 is 14.8 Å². The fraction of sp³-hybridized carbons (Fsp3) is 0.200. The number of amidine groups is 1. The fourth-order valence-corrected chi connectivity index (χ4v) is 6.30. The molecular weight excluding hydrogens is 682 g/mol. The van der Waals surface area contributed by atoms with Crippen molar-refractivity contribution in [3.8, 4) is 23.3 Å². The summed E-state index contributed by atoms with van der Waals surface area (Å²) in [5.74, 6) is 6.27. The molecule has 0 aliphatic carbocycles. The molecule has 1 aromatic heterocycles. The van der Waals surface area contributed by atoms with Crippen molar-refractivity contribution in [3.05, 3.63) is 160 Å². The van der Waals surface area contributed by atoms with Crippen LogP contribution in [0.4, 0.5) is 17.6 Å². The molecule has 0 amide bonds. The maximum atomic E-state index is 15.7. The Balaban J connectivity index is 1.53. The van der Waals surface area contributed by atoms with E-state index in [1.807, 2.05) is 54.6 Å². The van der Waals surface area contributed by atoms with Crippen molar-refractivity contribution in [2.45, 2.75) is 36.7 Å². The van der Waals surface area contributed by atoms with Gasteiger partial charge in [-0.05, 0) is 72.1 Å². The predicted molar refractivity (Wildman–Crippen MR) is 187 cm³/mol. The highest BCUT2D eigenvalue weighted by molar-refractivity contribution is 6.30. The van der Waals surface area contributed by atoms with Gasteiger partial charge in [-0.2, -0.15) is 13.2 Å². The van der Waals surface area contributed by atoms with E-state index in [4.69, 9.17) is 30.8 Å². The van der Waals surface area contributed by atoms with Crippen molar-refractivity contribution in [2.75, 3.05) is 14.2 Å². The number of methoxy groups -OCH3 is 2. The molecule has 260 valence electrons. The summed E-state index contributed by atoms with van der Waals surface area (Å²) in [5, 5.41) is 3.67. The minimum atomic E-state index is -4.81. The van der Waals surface area contributed by atoms with E-state index in [-0.39, 0.29) is 5.56 Å². The summed E-state index contributed by atoms with van der Waals surface area (Å²) < 4.78 is 76.3. The van der Waals surface area contributed by atoms with Crippen LogP contribution in [0.5, 0.6) is 11.5 Å². The number of rotatable bonds is 7. The molecular formula is C40H32ClF4N3O3. The number of nitrogens with one attached hydrogen (secondary N) is 1. The molecule has 0 fully saturated rings. The standard InChI is InChI=1S/C40H32ClF4N3O3/c1-38(34-22-26(11-20-35(34)42)9-10-27-21-31(41)25-46-24-27)23-36(40(43,44)45)51-37(47-38)48-39(28-7-5-4-6-8-28,29-12-16-32(49-2)17-13-29)30-14-18-33(50-3)19-15-30/h4-8,11-22,24-25,36H,23H2,1-3H3,(H,47,48)/t36-,38-/m0/s1. The van der Waals surface area contributed by atoms with Crippen molar-refractivity contribution in [1.29, 1.82) is 0 Å². The van der Waals surface area contributed by atoms with E-state index < -0.39 is 41.6 Å². The molecule has 6 rings (SSSR count). The molecule has 0 saturated heterocycles. The monoisotopic (exact) mass is 713 g/mol. The fourth-order valence-electron chi connectivity index (χ4n) is 6.13. The Morgan fingerprint density at radius 3 is 1.96 bits per heavy atom. The lowest BCUT2D eigenvalue weighted by Crippen LogP contribution is -2.54. The summed E-state index contributed by atoms with van der Waals surface area (Å²) in [7, 11) is 3.08. The van der Waals surface area contributed by atoms with Crippen molar-refractivity contribution in [1.82, 2.24) is 10.3 Å². The summed E-state index contributed by atoms with van der Waals surface area (Å²) in [6.45, 7) is 1.46. The Morgan fingerprint density at radius 2 is 1.39 bits per heavy atom. The first-order chi connectivity index (χ1) is 24.4. The Hall–Kier alpha value is -5.53. The third-order valence-electron chi connectivity index (χ3n) is 8.70. The van der Waals surface area contributed by atoms with Crippen LogP contribution in [0.25, 0.3) is 0 Å². The lowest BCUT2D eigenvalue weighted by atomic mass is 9.77. The zero-order valence-electron chi connectivity index (χ0n) is 27.8. The van der Waals surface area contributed by atoms with E-state index >= 15 is 4.39 Å². The molecule has 0 spiro atoms. The van der Waals surface area contributed by atoms with Crippen LogP contribution in [0.2, 0.25) is 5.02 Å². The Bertz CT molecular complexity index is 2050. The number of pyridine rings is 1. The largest absolute Gasteiger partial charge is 0.497 e. The van der Waals surface area contributed by atoms with E-state index in [0.717, 1.165) is 0 Å². The lowest BCUT2D eigenvalue weighted by molar-refractivity contribution is -0.209. The van der Waals surface area contributed by atoms with Crippen LogP contribution in [0.3, 0.4) is 0 Å². The molecule has 1 N–H and O–H groups in total. The Labute approximate surface area is 298 Å². The van der Waals surface area contributed by atoms with Gasteiger partial charge in [0.15, 0.2) is 6.10 Å². The summed E-state index contributed by atoms with van der Waals surface area (Å²) in [4.78, 5) is 8.74. The highest BCUT2D eigenvalue weighted by Gasteiger charge is 2.51. The Kier molecular flexibility index (Phi) is 9.95. The van der Waals surface area contributed by atoms with E-state index in [0.29, 0.717) is 44.3 Å². The van der Waals surface area contributed by atoms with Crippen molar-refractivity contribution < 1.29 is 31.8 Å². The number of benzene rings is 4. The van der Waals surface area contributed by atoms with Crippen LogP contribution in [0.15, 0.2) is 121 Å².